The third kappa shape index (κ3) is 3.81. The van der Waals surface area contributed by atoms with E-state index in [-0.39, 0.29) is 11.7 Å². The fourth-order valence-corrected chi connectivity index (χ4v) is 5.23. The number of nitrogens with zero attached hydrogens (tertiary/aromatic N) is 5. The predicted octanol–water partition coefficient (Wildman–Crippen LogP) is 6.87. The topological polar surface area (TPSA) is 53.0 Å². The van der Waals surface area contributed by atoms with E-state index in [2.05, 4.69) is 117 Å². The summed E-state index contributed by atoms with van der Waals surface area (Å²) in [5.41, 5.74) is 5.65. The minimum Gasteiger partial charge on any atom is -0.344 e. The van der Waals surface area contributed by atoms with Crippen LogP contribution in [0.1, 0.15) is 77.3 Å². The van der Waals surface area contributed by atoms with Gasteiger partial charge in [-0.1, -0.05) is 58.0 Å². The summed E-state index contributed by atoms with van der Waals surface area (Å²) in [6, 6.07) is 14.9. The van der Waals surface area contributed by atoms with Crippen LogP contribution in [-0.2, 0) is 5.54 Å². The van der Waals surface area contributed by atoms with Crippen molar-refractivity contribution in [2.45, 2.75) is 72.0 Å². The van der Waals surface area contributed by atoms with Crippen LogP contribution in [-0.4, -0.2) is 30.6 Å². The standard InChI is InChI=1S/C29H36N6/c1-19(2)22-11-10-12-23(20(3)4)26(22)34-16-15-30-28(34)33-17-18-35(21(33)5)29(6,7)27-31-24-13-8-9-14-25(24)32-27/h8-21H,1-7H3,(H,31,32). The van der Waals surface area contributed by atoms with Gasteiger partial charge in [-0.3, -0.25) is 9.47 Å². The van der Waals surface area contributed by atoms with E-state index in [0.29, 0.717) is 11.8 Å². The lowest BCUT2D eigenvalue weighted by Gasteiger charge is -2.40. The van der Waals surface area contributed by atoms with E-state index >= 15 is 0 Å². The van der Waals surface area contributed by atoms with Crippen molar-refractivity contribution in [2.75, 3.05) is 4.90 Å². The van der Waals surface area contributed by atoms with Gasteiger partial charge in [-0.2, -0.15) is 0 Å². The molecule has 0 fully saturated rings. The summed E-state index contributed by atoms with van der Waals surface area (Å²) in [6.07, 6.45) is 8.36. The molecule has 35 heavy (non-hydrogen) atoms. The predicted molar refractivity (Wildman–Crippen MR) is 144 cm³/mol. The van der Waals surface area contributed by atoms with Crippen molar-refractivity contribution in [3.05, 3.63) is 84.2 Å². The molecule has 0 radical (unpaired) electrons. The fraction of sp³-hybridized carbons (Fsp3) is 0.379. The average molecular weight is 469 g/mol. The Morgan fingerprint density at radius 1 is 0.914 bits per heavy atom. The second-order valence-electron chi connectivity index (χ2n) is 10.6. The summed E-state index contributed by atoms with van der Waals surface area (Å²) in [6.45, 7) is 15.7. The van der Waals surface area contributed by atoms with Crippen LogP contribution in [0.3, 0.4) is 0 Å². The number of nitrogens with one attached hydrogen (secondary N) is 1. The number of hydrogen-bond donors (Lipinski definition) is 1. The monoisotopic (exact) mass is 468 g/mol. The molecule has 1 unspecified atom stereocenters. The Morgan fingerprint density at radius 3 is 2.26 bits per heavy atom. The lowest BCUT2D eigenvalue weighted by molar-refractivity contribution is 0.144. The quantitative estimate of drug-likeness (QED) is 0.335. The zero-order valence-corrected chi connectivity index (χ0v) is 21.8. The molecule has 6 nitrogen and oxygen atoms in total. The van der Waals surface area contributed by atoms with Gasteiger partial charge < -0.3 is 9.88 Å². The smallest absolute Gasteiger partial charge is 0.216 e. The van der Waals surface area contributed by atoms with E-state index in [1.807, 2.05) is 18.3 Å². The molecule has 0 saturated carbocycles. The highest BCUT2D eigenvalue weighted by atomic mass is 15.5. The third-order valence-electron chi connectivity index (χ3n) is 7.24. The first-order valence-corrected chi connectivity index (χ1v) is 12.6. The normalized spacial score (nSPS) is 16.4. The highest BCUT2D eigenvalue weighted by Crippen LogP contribution is 2.38. The number of benzene rings is 2. The Labute approximate surface area is 208 Å². The first kappa shape index (κ1) is 23.2. The first-order valence-electron chi connectivity index (χ1n) is 12.6. The van der Waals surface area contributed by atoms with Gasteiger partial charge in [0.25, 0.3) is 0 Å². The van der Waals surface area contributed by atoms with Gasteiger partial charge in [0, 0.05) is 24.8 Å². The summed E-state index contributed by atoms with van der Waals surface area (Å²) in [7, 11) is 0. The number of rotatable bonds is 6. The van der Waals surface area contributed by atoms with E-state index in [1.54, 1.807) is 0 Å². The van der Waals surface area contributed by atoms with Crippen LogP contribution in [0.15, 0.2) is 67.3 Å². The molecule has 2 aromatic heterocycles. The number of imidazole rings is 2. The van der Waals surface area contributed by atoms with Crippen molar-refractivity contribution in [1.29, 1.82) is 0 Å². The number of para-hydroxylation sites is 3. The Bertz CT molecular complexity index is 1310. The Kier molecular flexibility index (Phi) is 5.70. The Balaban J connectivity index is 1.52. The van der Waals surface area contributed by atoms with Gasteiger partial charge >= 0.3 is 0 Å². The third-order valence-corrected chi connectivity index (χ3v) is 7.24. The minimum absolute atomic E-state index is 0.0630. The molecule has 1 N–H and O–H groups in total. The molecule has 6 heteroatoms. The van der Waals surface area contributed by atoms with E-state index in [4.69, 9.17) is 9.97 Å². The van der Waals surface area contributed by atoms with Crippen LogP contribution in [0.4, 0.5) is 5.95 Å². The van der Waals surface area contributed by atoms with Gasteiger partial charge in [0.05, 0.1) is 22.3 Å². The molecule has 5 rings (SSSR count). The number of aromatic amines is 1. The molecule has 1 atom stereocenters. The highest BCUT2D eigenvalue weighted by Gasteiger charge is 2.39. The van der Waals surface area contributed by atoms with Gasteiger partial charge in [-0.05, 0) is 55.9 Å². The maximum Gasteiger partial charge on any atom is 0.216 e. The zero-order chi connectivity index (χ0) is 24.9. The number of anilines is 1. The molecule has 0 spiro atoms. The molecule has 0 saturated heterocycles. The maximum absolute atomic E-state index is 4.91. The number of fused-ring (bicyclic) bond motifs is 1. The molecule has 0 aliphatic carbocycles. The Morgan fingerprint density at radius 2 is 1.60 bits per heavy atom. The largest absolute Gasteiger partial charge is 0.344 e. The van der Waals surface area contributed by atoms with E-state index in [9.17, 15) is 0 Å². The average Bonchev–Trinajstić information content (AvgIpc) is 3.56. The van der Waals surface area contributed by atoms with E-state index in [1.165, 1.54) is 16.8 Å². The van der Waals surface area contributed by atoms with Crippen LogP contribution in [0.5, 0.6) is 0 Å². The lowest BCUT2D eigenvalue weighted by atomic mass is 9.92. The highest BCUT2D eigenvalue weighted by molar-refractivity contribution is 5.75. The summed E-state index contributed by atoms with van der Waals surface area (Å²) in [5.74, 6) is 2.70. The molecule has 3 heterocycles. The van der Waals surface area contributed by atoms with Gasteiger partial charge in [-0.25, -0.2) is 9.97 Å². The number of hydrogen-bond acceptors (Lipinski definition) is 4. The summed E-state index contributed by atoms with van der Waals surface area (Å²) in [5, 5.41) is 0. The van der Waals surface area contributed by atoms with Crippen molar-refractivity contribution in [1.82, 2.24) is 24.4 Å². The minimum atomic E-state index is -0.333. The molecule has 1 aliphatic heterocycles. The summed E-state index contributed by atoms with van der Waals surface area (Å²) >= 11 is 0. The lowest BCUT2D eigenvalue weighted by Crippen LogP contribution is -2.47. The van der Waals surface area contributed by atoms with Crippen molar-refractivity contribution in [3.8, 4) is 5.69 Å². The van der Waals surface area contributed by atoms with Gasteiger partial charge in [0.1, 0.15) is 12.0 Å². The number of aromatic nitrogens is 4. The van der Waals surface area contributed by atoms with Gasteiger partial charge in [0.2, 0.25) is 5.95 Å². The molecule has 2 aromatic carbocycles. The van der Waals surface area contributed by atoms with Gasteiger partial charge in [0.15, 0.2) is 0 Å². The maximum atomic E-state index is 4.91. The zero-order valence-electron chi connectivity index (χ0n) is 21.8. The first-order chi connectivity index (χ1) is 16.7. The molecule has 0 bridgehead atoms. The molecule has 0 amide bonds. The van der Waals surface area contributed by atoms with E-state index in [0.717, 1.165) is 22.8 Å². The van der Waals surface area contributed by atoms with Crippen molar-refractivity contribution in [2.24, 2.45) is 0 Å². The van der Waals surface area contributed by atoms with E-state index < -0.39 is 0 Å². The number of H-pyrrole nitrogens is 1. The fourth-order valence-electron chi connectivity index (χ4n) is 5.23. The second-order valence-corrected chi connectivity index (χ2v) is 10.6. The molecule has 4 aromatic rings. The van der Waals surface area contributed by atoms with Crippen LogP contribution in [0, 0.1) is 0 Å². The van der Waals surface area contributed by atoms with Crippen LogP contribution < -0.4 is 4.90 Å². The molecular formula is C29H36N6. The Hall–Kier alpha value is -3.54. The van der Waals surface area contributed by atoms with Crippen LogP contribution in [0.25, 0.3) is 16.7 Å². The molecule has 182 valence electrons. The molecular weight excluding hydrogens is 432 g/mol. The SMILES string of the molecule is CC(C)c1cccc(C(C)C)c1-n1ccnc1N1C=CN(C(C)(C)c2nc3ccccc3[nH]2)C1C. The van der Waals surface area contributed by atoms with Crippen LogP contribution >= 0.6 is 0 Å². The van der Waals surface area contributed by atoms with Gasteiger partial charge in [-0.15, -0.1) is 0 Å². The summed E-state index contributed by atoms with van der Waals surface area (Å²) in [4.78, 5) is 17.9. The summed E-state index contributed by atoms with van der Waals surface area (Å²) < 4.78 is 2.27. The molecule has 1 aliphatic rings. The van der Waals surface area contributed by atoms with Crippen molar-refractivity contribution in [3.63, 3.8) is 0 Å². The van der Waals surface area contributed by atoms with Crippen molar-refractivity contribution >= 4 is 17.0 Å². The second kappa shape index (κ2) is 8.59. The van der Waals surface area contributed by atoms with Crippen LogP contribution in [0.2, 0.25) is 0 Å². The van der Waals surface area contributed by atoms with Crippen molar-refractivity contribution < 1.29 is 0 Å².